The number of rotatable bonds is 5. The van der Waals surface area contributed by atoms with Crippen LogP contribution in [0.2, 0.25) is 0 Å². The summed E-state index contributed by atoms with van der Waals surface area (Å²) in [6.07, 6.45) is 4.19. The van der Waals surface area contributed by atoms with Gasteiger partial charge in [0.1, 0.15) is 11.5 Å². The Kier molecular flexibility index (Phi) is 5.28. The fraction of sp³-hybridized carbons (Fsp3) is 0.526. The Hall–Kier alpha value is -1.77. The molecule has 1 aromatic rings. The van der Waals surface area contributed by atoms with Gasteiger partial charge in [-0.1, -0.05) is 19.9 Å². The van der Waals surface area contributed by atoms with Gasteiger partial charge in [-0.15, -0.1) is 6.58 Å². The van der Waals surface area contributed by atoms with E-state index in [4.69, 9.17) is 9.47 Å². The van der Waals surface area contributed by atoms with E-state index in [0.717, 1.165) is 12.8 Å². The van der Waals surface area contributed by atoms with Gasteiger partial charge in [0.15, 0.2) is 5.78 Å². The molecule has 1 fully saturated rings. The lowest BCUT2D eigenvalue weighted by Gasteiger charge is -2.38. The van der Waals surface area contributed by atoms with Gasteiger partial charge in [0.2, 0.25) is 0 Å². The van der Waals surface area contributed by atoms with Crippen molar-refractivity contribution in [1.29, 1.82) is 0 Å². The lowest BCUT2D eigenvalue weighted by atomic mass is 9.65. The normalized spacial score (nSPS) is 28.0. The van der Waals surface area contributed by atoms with Crippen LogP contribution in [-0.2, 0) is 0 Å². The molecule has 1 aromatic carbocycles. The highest BCUT2D eigenvalue weighted by atomic mass is 16.5. The molecule has 2 rings (SSSR count). The van der Waals surface area contributed by atoms with E-state index in [1.165, 1.54) is 0 Å². The first-order chi connectivity index (χ1) is 10.5. The van der Waals surface area contributed by atoms with Crippen LogP contribution in [0.3, 0.4) is 0 Å². The highest BCUT2D eigenvalue weighted by molar-refractivity contribution is 5.99. The number of carbonyl (C=O) groups excluding carboxylic acids is 1. The predicted molar refractivity (Wildman–Crippen MR) is 88.6 cm³/mol. The zero-order valence-electron chi connectivity index (χ0n) is 14.0. The molecule has 120 valence electrons. The van der Waals surface area contributed by atoms with Gasteiger partial charge < -0.3 is 9.47 Å². The molecule has 4 atom stereocenters. The van der Waals surface area contributed by atoms with Crippen LogP contribution < -0.4 is 9.47 Å². The van der Waals surface area contributed by atoms with E-state index in [2.05, 4.69) is 20.4 Å². The van der Waals surface area contributed by atoms with Gasteiger partial charge in [0, 0.05) is 17.5 Å². The molecule has 3 nitrogen and oxygen atoms in total. The molecule has 0 saturated heterocycles. The Balaban J connectivity index is 2.35. The van der Waals surface area contributed by atoms with E-state index in [-0.39, 0.29) is 11.7 Å². The van der Waals surface area contributed by atoms with Crippen LogP contribution in [-0.4, -0.2) is 20.0 Å². The third-order valence-corrected chi connectivity index (χ3v) is 5.05. The Morgan fingerprint density at radius 1 is 1.14 bits per heavy atom. The highest BCUT2D eigenvalue weighted by Crippen LogP contribution is 2.41. The number of methoxy groups -OCH3 is 2. The number of benzene rings is 1. The van der Waals surface area contributed by atoms with E-state index in [1.54, 1.807) is 20.3 Å². The SMILES string of the molecule is C=CC1CC[C@@H](C)[C@@H](C(=O)c2cc(OC)cc(OC)c2)[C@@H]1C. The second-order valence-corrected chi connectivity index (χ2v) is 6.30. The molecule has 0 heterocycles. The van der Waals surface area contributed by atoms with Crippen molar-refractivity contribution in [2.45, 2.75) is 26.7 Å². The van der Waals surface area contributed by atoms with Crippen LogP contribution in [0.15, 0.2) is 30.9 Å². The topological polar surface area (TPSA) is 35.5 Å². The molecule has 0 amide bonds. The Labute approximate surface area is 133 Å². The largest absolute Gasteiger partial charge is 0.497 e. The van der Waals surface area contributed by atoms with Gasteiger partial charge in [-0.2, -0.15) is 0 Å². The van der Waals surface area contributed by atoms with E-state index < -0.39 is 0 Å². The molecular weight excluding hydrogens is 276 g/mol. The summed E-state index contributed by atoms with van der Waals surface area (Å²) in [4.78, 5) is 13.1. The lowest BCUT2D eigenvalue weighted by molar-refractivity contribution is 0.0695. The van der Waals surface area contributed by atoms with Crippen molar-refractivity contribution in [1.82, 2.24) is 0 Å². The van der Waals surface area contributed by atoms with Crippen molar-refractivity contribution in [3.05, 3.63) is 36.4 Å². The molecule has 1 unspecified atom stereocenters. The highest BCUT2D eigenvalue weighted by Gasteiger charge is 2.38. The minimum Gasteiger partial charge on any atom is -0.497 e. The van der Waals surface area contributed by atoms with E-state index >= 15 is 0 Å². The molecule has 0 aliphatic heterocycles. The van der Waals surface area contributed by atoms with Crippen molar-refractivity contribution in [3.8, 4) is 11.5 Å². The lowest BCUT2D eigenvalue weighted by Crippen LogP contribution is -2.36. The van der Waals surface area contributed by atoms with Gasteiger partial charge in [-0.05, 0) is 42.7 Å². The summed E-state index contributed by atoms with van der Waals surface area (Å²) in [5.41, 5.74) is 0.671. The first kappa shape index (κ1) is 16.6. The minimum absolute atomic E-state index is 0.0218. The Morgan fingerprint density at radius 2 is 1.73 bits per heavy atom. The molecule has 22 heavy (non-hydrogen) atoms. The van der Waals surface area contributed by atoms with Crippen molar-refractivity contribution >= 4 is 5.78 Å². The predicted octanol–water partition coefficient (Wildman–Crippen LogP) is 4.37. The van der Waals surface area contributed by atoms with Gasteiger partial charge in [-0.3, -0.25) is 4.79 Å². The molecule has 0 spiro atoms. The van der Waals surface area contributed by atoms with E-state index in [0.29, 0.717) is 34.8 Å². The quantitative estimate of drug-likeness (QED) is 0.598. The maximum Gasteiger partial charge on any atom is 0.166 e. The van der Waals surface area contributed by atoms with Gasteiger partial charge in [0.25, 0.3) is 0 Å². The van der Waals surface area contributed by atoms with Crippen LogP contribution in [0, 0.1) is 23.7 Å². The fourth-order valence-electron chi connectivity index (χ4n) is 3.65. The summed E-state index contributed by atoms with van der Waals surface area (Å²) in [7, 11) is 3.20. The average Bonchev–Trinajstić information content (AvgIpc) is 2.54. The second kappa shape index (κ2) is 6.99. The number of hydrogen-bond donors (Lipinski definition) is 0. The number of Topliss-reactive ketones (excluding diaryl/α,β-unsaturated/α-hetero) is 1. The number of carbonyl (C=O) groups is 1. The smallest absolute Gasteiger partial charge is 0.166 e. The molecule has 1 aliphatic carbocycles. The molecule has 1 saturated carbocycles. The van der Waals surface area contributed by atoms with Crippen LogP contribution in [0.5, 0.6) is 11.5 Å². The van der Waals surface area contributed by atoms with Crippen LogP contribution in [0.25, 0.3) is 0 Å². The molecular formula is C19H26O3. The second-order valence-electron chi connectivity index (χ2n) is 6.30. The van der Waals surface area contributed by atoms with Crippen molar-refractivity contribution in [2.75, 3.05) is 14.2 Å². The number of hydrogen-bond acceptors (Lipinski definition) is 3. The molecule has 3 heteroatoms. The van der Waals surface area contributed by atoms with Gasteiger partial charge in [0.05, 0.1) is 14.2 Å². The zero-order chi connectivity index (χ0) is 16.3. The molecule has 0 bridgehead atoms. The summed E-state index contributed by atoms with van der Waals surface area (Å²) < 4.78 is 10.6. The van der Waals surface area contributed by atoms with Crippen molar-refractivity contribution in [2.24, 2.45) is 23.7 Å². The minimum atomic E-state index is 0.0218. The average molecular weight is 302 g/mol. The Bertz CT molecular complexity index is 527. The van der Waals surface area contributed by atoms with E-state index in [1.807, 2.05) is 18.2 Å². The third kappa shape index (κ3) is 3.18. The van der Waals surface area contributed by atoms with Crippen LogP contribution in [0.1, 0.15) is 37.0 Å². The Morgan fingerprint density at radius 3 is 2.23 bits per heavy atom. The first-order valence-corrected chi connectivity index (χ1v) is 7.91. The van der Waals surface area contributed by atoms with Crippen molar-refractivity contribution in [3.63, 3.8) is 0 Å². The number of ketones is 1. The summed E-state index contributed by atoms with van der Waals surface area (Å²) in [5, 5.41) is 0. The fourth-order valence-corrected chi connectivity index (χ4v) is 3.65. The first-order valence-electron chi connectivity index (χ1n) is 7.91. The molecule has 1 aliphatic rings. The maximum absolute atomic E-state index is 13.1. The maximum atomic E-state index is 13.1. The summed E-state index contributed by atoms with van der Waals surface area (Å²) in [6, 6.07) is 5.40. The summed E-state index contributed by atoms with van der Waals surface area (Å²) in [6.45, 7) is 8.27. The van der Waals surface area contributed by atoms with Crippen molar-refractivity contribution < 1.29 is 14.3 Å². The van der Waals surface area contributed by atoms with Gasteiger partial charge >= 0.3 is 0 Å². The molecule has 0 aromatic heterocycles. The summed E-state index contributed by atoms with van der Waals surface area (Å²) >= 11 is 0. The number of ether oxygens (including phenoxy) is 2. The standard InChI is InChI=1S/C19H26O3/c1-6-14-8-7-12(2)18(13(14)3)19(20)15-9-16(21-4)11-17(10-15)22-5/h6,9-14,18H,1,7-8H2,2-5H3/t12-,13-,14?,18-/m1/s1. The molecule has 0 N–H and O–H groups in total. The van der Waals surface area contributed by atoms with E-state index in [9.17, 15) is 4.79 Å². The number of allylic oxidation sites excluding steroid dienone is 1. The summed E-state index contributed by atoms with van der Waals surface area (Å²) in [5.74, 6) is 2.62. The zero-order valence-corrected chi connectivity index (χ0v) is 14.0. The van der Waals surface area contributed by atoms with Crippen LogP contribution >= 0.6 is 0 Å². The molecule has 0 radical (unpaired) electrons. The monoisotopic (exact) mass is 302 g/mol. The third-order valence-electron chi connectivity index (χ3n) is 5.05. The van der Waals surface area contributed by atoms with Gasteiger partial charge in [-0.25, -0.2) is 0 Å². The van der Waals surface area contributed by atoms with Crippen LogP contribution in [0.4, 0.5) is 0 Å².